The molecule has 1 aliphatic rings. The molecule has 1 aliphatic heterocycles. The van der Waals surface area contributed by atoms with E-state index in [1.54, 1.807) is 18.2 Å². The Morgan fingerprint density at radius 1 is 1.07 bits per heavy atom. The van der Waals surface area contributed by atoms with E-state index >= 15 is 0 Å². The summed E-state index contributed by atoms with van der Waals surface area (Å²) in [6.07, 6.45) is 0.532. The maximum Gasteiger partial charge on any atom is 0.255 e. The number of carbonyl (C=O) groups is 2. The van der Waals surface area contributed by atoms with Crippen molar-refractivity contribution in [2.75, 3.05) is 43.0 Å². The first-order valence-corrected chi connectivity index (χ1v) is 10.7. The van der Waals surface area contributed by atoms with Crippen LogP contribution in [0.1, 0.15) is 30.6 Å². The van der Waals surface area contributed by atoms with Crippen molar-refractivity contribution in [1.29, 1.82) is 0 Å². The summed E-state index contributed by atoms with van der Waals surface area (Å²) >= 11 is 3.46. The van der Waals surface area contributed by atoms with Crippen LogP contribution in [0.15, 0.2) is 46.9 Å². The van der Waals surface area contributed by atoms with Crippen LogP contribution in [0, 0.1) is 0 Å². The van der Waals surface area contributed by atoms with Gasteiger partial charge in [-0.15, -0.1) is 0 Å². The molecule has 3 rings (SSSR count). The monoisotopic (exact) mass is 459 g/mol. The van der Waals surface area contributed by atoms with E-state index in [9.17, 15) is 9.59 Å². The Morgan fingerprint density at radius 3 is 2.45 bits per heavy atom. The zero-order valence-electron chi connectivity index (χ0n) is 16.8. The van der Waals surface area contributed by atoms with Crippen molar-refractivity contribution in [2.24, 2.45) is 0 Å². The van der Waals surface area contributed by atoms with Crippen LogP contribution in [0.25, 0.3) is 0 Å². The molecule has 6 nitrogen and oxygen atoms in total. The minimum atomic E-state index is -0.180. The van der Waals surface area contributed by atoms with Crippen LogP contribution in [0.3, 0.4) is 0 Å². The molecule has 154 valence electrons. The highest BCUT2D eigenvalue weighted by Crippen LogP contribution is 2.29. The number of nitrogens with one attached hydrogen (secondary N) is 1. The number of amides is 2. The van der Waals surface area contributed by atoms with Crippen LogP contribution in [0.2, 0.25) is 0 Å². The fourth-order valence-corrected chi connectivity index (χ4v) is 3.88. The van der Waals surface area contributed by atoms with Crippen molar-refractivity contribution in [1.82, 2.24) is 4.90 Å². The highest BCUT2D eigenvalue weighted by Gasteiger charge is 2.22. The molecule has 29 heavy (non-hydrogen) atoms. The lowest BCUT2D eigenvalue weighted by Gasteiger charge is -2.36. The first-order valence-electron chi connectivity index (χ1n) is 9.89. The minimum Gasteiger partial charge on any atom is -0.493 e. The molecule has 1 heterocycles. The summed E-state index contributed by atoms with van der Waals surface area (Å²) in [7, 11) is 0. The molecule has 0 radical (unpaired) electrons. The van der Waals surface area contributed by atoms with E-state index < -0.39 is 0 Å². The van der Waals surface area contributed by atoms with Gasteiger partial charge in [0.05, 0.1) is 22.5 Å². The van der Waals surface area contributed by atoms with Crippen molar-refractivity contribution in [3.8, 4) is 5.75 Å². The highest BCUT2D eigenvalue weighted by atomic mass is 79.9. The SMILES string of the molecule is CCOc1ccc(C(=O)Nc2ccccc2N2CCN(C(=O)CC)CC2)cc1Br. The number of halogens is 1. The lowest BCUT2D eigenvalue weighted by molar-refractivity contribution is -0.131. The van der Waals surface area contributed by atoms with Crippen molar-refractivity contribution in [3.63, 3.8) is 0 Å². The first-order chi connectivity index (χ1) is 14.0. The second-order valence-corrected chi connectivity index (χ2v) is 7.63. The maximum atomic E-state index is 12.8. The molecule has 0 aliphatic carbocycles. The molecule has 0 saturated carbocycles. The third kappa shape index (κ3) is 5.09. The van der Waals surface area contributed by atoms with Crippen molar-refractivity contribution >= 4 is 39.1 Å². The molecule has 0 atom stereocenters. The van der Waals surface area contributed by atoms with Crippen LogP contribution < -0.4 is 15.0 Å². The van der Waals surface area contributed by atoms with Gasteiger partial charge >= 0.3 is 0 Å². The summed E-state index contributed by atoms with van der Waals surface area (Å²) in [5.41, 5.74) is 2.28. The van der Waals surface area contributed by atoms with Gasteiger partial charge < -0.3 is 19.9 Å². The van der Waals surface area contributed by atoms with Crippen LogP contribution >= 0.6 is 15.9 Å². The molecule has 0 unspecified atom stereocenters. The molecule has 2 aromatic carbocycles. The van der Waals surface area contributed by atoms with E-state index in [-0.39, 0.29) is 11.8 Å². The molecular weight excluding hydrogens is 434 g/mol. The maximum absolute atomic E-state index is 12.8. The third-order valence-electron chi connectivity index (χ3n) is 4.92. The van der Waals surface area contributed by atoms with Crippen molar-refractivity contribution in [2.45, 2.75) is 20.3 Å². The van der Waals surface area contributed by atoms with Crippen LogP contribution in [0.4, 0.5) is 11.4 Å². The Kier molecular flexibility index (Phi) is 7.14. The van der Waals surface area contributed by atoms with E-state index in [1.807, 2.05) is 43.0 Å². The van der Waals surface area contributed by atoms with Gasteiger partial charge in [-0.1, -0.05) is 19.1 Å². The summed E-state index contributed by atoms with van der Waals surface area (Å²) in [4.78, 5) is 28.8. The number of rotatable bonds is 6. The second-order valence-electron chi connectivity index (χ2n) is 6.77. The van der Waals surface area contributed by atoms with Crippen LogP contribution in [0.5, 0.6) is 5.75 Å². The zero-order valence-corrected chi connectivity index (χ0v) is 18.4. The normalized spacial score (nSPS) is 13.9. The van der Waals surface area contributed by atoms with Gasteiger partial charge in [-0.3, -0.25) is 9.59 Å². The second kappa shape index (κ2) is 9.78. The molecule has 0 bridgehead atoms. The van der Waals surface area contributed by atoms with Crippen molar-refractivity contribution < 1.29 is 14.3 Å². The van der Waals surface area contributed by atoms with Crippen LogP contribution in [-0.4, -0.2) is 49.5 Å². The average Bonchev–Trinajstić information content (AvgIpc) is 2.75. The predicted octanol–water partition coefficient (Wildman–Crippen LogP) is 4.16. The number of nitrogens with zero attached hydrogens (tertiary/aromatic N) is 2. The Balaban J connectivity index is 1.72. The molecule has 1 N–H and O–H groups in total. The lowest BCUT2D eigenvalue weighted by Crippen LogP contribution is -2.48. The van der Waals surface area contributed by atoms with Gasteiger partial charge in [0, 0.05) is 38.2 Å². The molecule has 2 amide bonds. The number of anilines is 2. The van der Waals surface area contributed by atoms with Crippen LogP contribution in [-0.2, 0) is 4.79 Å². The standard InChI is InChI=1S/C22H26BrN3O3/c1-3-21(27)26-13-11-25(12-14-26)19-8-6-5-7-18(19)24-22(28)16-9-10-20(29-4-2)17(23)15-16/h5-10,15H,3-4,11-14H2,1-2H3,(H,24,28). The van der Waals surface area contributed by atoms with Gasteiger partial charge in [0.25, 0.3) is 5.91 Å². The van der Waals surface area contributed by atoms with Gasteiger partial charge in [-0.25, -0.2) is 0 Å². The molecular formula is C22H26BrN3O3. The lowest BCUT2D eigenvalue weighted by atomic mass is 10.1. The number of hydrogen-bond donors (Lipinski definition) is 1. The summed E-state index contributed by atoms with van der Waals surface area (Å²) in [6, 6.07) is 13.1. The van der Waals surface area contributed by atoms with E-state index in [1.165, 1.54) is 0 Å². The Bertz CT molecular complexity index is 879. The number of carbonyl (C=O) groups excluding carboxylic acids is 2. The average molecular weight is 460 g/mol. The Morgan fingerprint density at radius 2 is 1.79 bits per heavy atom. The smallest absolute Gasteiger partial charge is 0.255 e. The number of para-hydroxylation sites is 2. The Hall–Kier alpha value is -2.54. The van der Waals surface area contributed by atoms with Gasteiger partial charge in [0.15, 0.2) is 0 Å². The van der Waals surface area contributed by atoms with E-state index in [0.29, 0.717) is 37.4 Å². The third-order valence-corrected chi connectivity index (χ3v) is 5.54. The molecule has 0 spiro atoms. The first kappa shape index (κ1) is 21.2. The minimum absolute atomic E-state index is 0.180. The topological polar surface area (TPSA) is 61.9 Å². The summed E-state index contributed by atoms with van der Waals surface area (Å²) in [6.45, 7) is 7.25. The van der Waals surface area contributed by atoms with Gasteiger partial charge in [0.1, 0.15) is 5.75 Å². The molecule has 0 aromatic heterocycles. The van der Waals surface area contributed by atoms with Gasteiger partial charge in [0.2, 0.25) is 5.91 Å². The number of ether oxygens (including phenoxy) is 1. The number of benzene rings is 2. The predicted molar refractivity (Wildman–Crippen MR) is 119 cm³/mol. The number of piperazine rings is 1. The number of hydrogen-bond acceptors (Lipinski definition) is 4. The van der Waals surface area contributed by atoms with E-state index in [2.05, 4.69) is 26.1 Å². The van der Waals surface area contributed by atoms with E-state index in [4.69, 9.17) is 4.74 Å². The fourth-order valence-electron chi connectivity index (χ4n) is 3.38. The quantitative estimate of drug-likeness (QED) is 0.704. The molecule has 1 fully saturated rings. The molecule has 7 heteroatoms. The summed E-state index contributed by atoms with van der Waals surface area (Å²) < 4.78 is 6.26. The molecule has 1 saturated heterocycles. The highest BCUT2D eigenvalue weighted by molar-refractivity contribution is 9.10. The Labute approximate surface area is 180 Å². The molecule has 2 aromatic rings. The van der Waals surface area contributed by atoms with Gasteiger partial charge in [-0.2, -0.15) is 0 Å². The van der Waals surface area contributed by atoms with Crippen molar-refractivity contribution in [3.05, 3.63) is 52.5 Å². The van der Waals surface area contributed by atoms with E-state index in [0.717, 1.165) is 28.9 Å². The fraction of sp³-hybridized carbons (Fsp3) is 0.364. The largest absolute Gasteiger partial charge is 0.493 e. The summed E-state index contributed by atoms with van der Waals surface area (Å²) in [5, 5.41) is 3.03. The summed E-state index contributed by atoms with van der Waals surface area (Å²) in [5.74, 6) is 0.720. The zero-order chi connectivity index (χ0) is 20.8. The van der Waals surface area contributed by atoms with Gasteiger partial charge in [-0.05, 0) is 53.2 Å².